The largest absolute Gasteiger partial charge is 0.264 e. The van der Waals surface area contributed by atoms with E-state index in [2.05, 4.69) is 410 Å². The molecule has 0 unspecified atom stereocenters. The summed E-state index contributed by atoms with van der Waals surface area (Å²) >= 11 is 0. The van der Waals surface area contributed by atoms with Crippen molar-refractivity contribution >= 4 is 108 Å². The molecule has 0 bridgehead atoms. The van der Waals surface area contributed by atoms with Crippen molar-refractivity contribution in [1.29, 1.82) is 0 Å². The summed E-state index contributed by atoms with van der Waals surface area (Å²) < 4.78 is 0. The van der Waals surface area contributed by atoms with Crippen molar-refractivity contribution in [3.8, 4) is 112 Å². The van der Waals surface area contributed by atoms with Gasteiger partial charge in [-0.25, -0.2) is 15.0 Å². The fourth-order valence-corrected chi connectivity index (χ4v) is 17.7. The minimum atomic E-state index is 0.627. The number of fused-ring (bicyclic) bond motifs is 12. The predicted octanol–water partition coefficient (Wildman–Crippen LogP) is 30.2. The molecule has 0 saturated carbocycles. The molecular weight excluding hydrogens is 1430 g/mol. The molecule has 0 aliphatic carbocycles. The first-order valence-corrected chi connectivity index (χ1v) is 40.2. The van der Waals surface area contributed by atoms with Gasteiger partial charge < -0.3 is 0 Å². The van der Waals surface area contributed by atoms with Gasteiger partial charge in [0.15, 0.2) is 17.5 Å². The summed E-state index contributed by atoms with van der Waals surface area (Å²) in [6.07, 6.45) is 5.54. The maximum Gasteiger partial charge on any atom is 0.164 e. The van der Waals surface area contributed by atoms with E-state index in [-0.39, 0.29) is 0 Å². The highest BCUT2D eigenvalue weighted by Crippen LogP contribution is 2.48. The lowest BCUT2D eigenvalue weighted by atomic mass is 9.85. The van der Waals surface area contributed by atoms with E-state index in [1.54, 1.807) is 0 Å². The maximum absolute atomic E-state index is 5.25. The summed E-state index contributed by atoms with van der Waals surface area (Å²) in [5.74, 6) is 1.92. The minimum Gasteiger partial charge on any atom is -0.264 e. The van der Waals surface area contributed by atoms with Crippen LogP contribution in [0.3, 0.4) is 0 Å². The zero-order valence-corrected chi connectivity index (χ0v) is 64.4. The second-order valence-corrected chi connectivity index (χ2v) is 30.0. The van der Waals surface area contributed by atoms with Gasteiger partial charge in [0.2, 0.25) is 0 Å². The third-order valence-corrected chi connectivity index (χ3v) is 23.2. The predicted molar refractivity (Wildman–Crippen MR) is 498 cm³/mol. The molecular formula is C113H73N5. The molecule has 0 fully saturated rings. The van der Waals surface area contributed by atoms with Gasteiger partial charge in [-0.1, -0.05) is 388 Å². The Morgan fingerprint density at radius 2 is 0.508 bits per heavy atom. The van der Waals surface area contributed by atoms with E-state index in [0.717, 1.165) is 55.1 Å². The van der Waals surface area contributed by atoms with E-state index in [1.807, 2.05) is 42.9 Å². The second kappa shape index (κ2) is 30.7. The zero-order chi connectivity index (χ0) is 78.2. The first-order chi connectivity index (χ1) is 58.5. The molecule has 3 heterocycles. The van der Waals surface area contributed by atoms with Crippen LogP contribution in [0, 0.1) is 0 Å². The molecule has 3 aromatic heterocycles. The molecule has 0 aliphatic heterocycles. The van der Waals surface area contributed by atoms with Gasteiger partial charge in [0.25, 0.3) is 0 Å². The fourth-order valence-electron chi connectivity index (χ4n) is 17.7. The Kier molecular flexibility index (Phi) is 18.2. The van der Waals surface area contributed by atoms with Crippen LogP contribution >= 0.6 is 0 Å². The van der Waals surface area contributed by atoms with Crippen molar-refractivity contribution in [3.05, 3.63) is 443 Å². The number of hydrogen-bond acceptors (Lipinski definition) is 5. The van der Waals surface area contributed by atoms with Crippen LogP contribution in [0.1, 0.15) is 0 Å². The van der Waals surface area contributed by atoms with E-state index in [4.69, 9.17) is 15.0 Å². The molecule has 0 radical (unpaired) electrons. The molecule has 23 rings (SSSR count). The van der Waals surface area contributed by atoms with Crippen LogP contribution in [0.5, 0.6) is 0 Å². The van der Waals surface area contributed by atoms with Gasteiger partial charge in [0, 0.05) is 40.8 Å². The summed E-state index contributed by atoms with van der Waals surface area (Å²) in [6.45, 7) is 0. The number of aromatic nitrogens is 5. The molecule has 0 N–H and O–H groups in total. The Balaban J connectivity index is 0.000000111. The van der Waals surface area contributed by atoms with Crippen LogP contribution in [0.2, 0.25) is 0 Å². The van der Waals surface area contributed by atoms with E-state index >= 15 is 0 Å². The van der Waals surface area contributed by atoms with E-state index in [0.29, 0.717) is 17.5 Å². The van der Waals surface area contributed by atoms with Crippen LogP contribution in [0.15, 0.2) is 443 Å². The molecule has 550 valence electrons. The van der Waals surface area contributed by atoms with Crippen LogP contribution in [-0.4, -0.2) is 24.9 Å². The van der Waals surface area contributed by atoms with Crippen molar-refractivity contribution in [1.82, 2.24) is 24.9 Å². The molecule has 0 spiro atoms. The summed E-state index contributed by atoms with van der Waals surface area (Å²) in [5, 5.41) is 24.6. The monoisotopic (exact) mass is 1500 g/mol. The molecule has 0 aliphatic rings. The average molecular weight is 1500 g/mol. The Morgan fingerprint density at radius 1 is 0.153 bits per heavy atom. The van der Waals surface area contributed by atoms with Crippen molar-refractivity contribution in [2.75, 3.05) is 0 Å². The lowest BCUT2D eigenvalue weighted by Gasteiger charge is -2.18. The summed E-state index contributed by atoms with van der Waals surface area (Å²) in [5.41, 5.74) is 19.8. The van der Waals surface area contributed by atoms with Gasteiger partial charge in [-0.3, -0.25) is 9.97 Å². The second-order valence-electron chi connectivity index (χ2n) is 30.0. The van der Waals surface area contributed by atoms with Gasteiger partial charge in [-0.2, -0.15) is 0 Å². The molecule has 5 heteroatoms. The first-order valence-electron chi connectivity index (χ1n) is 40.2. The molecule has 118 heavy (non-hydrogen) atoms. The lowest BCUT2D eigenvalue weighted by molar-refractivity contribution is 1.08. The van der Waals surface area contributed by atoms with Crippen molar-refractivity contribution < 1.29 is 0 Å². The number of hydrogen-bond donors (Lipinski definition) is 0. The smallest absolute Gasteiger partial charge is 0.164 e. The Morgan fingerprint density at radius 3 is 1.00 bits per heavy atom. The third kappa shape index (κ3) is 13.1. The minimum absolute atomic E-state index is 0.627. The molecule has 0 saturated heterocycles. The zero-order valence-electron chi connectivity index (χ0n) is 64.4. The number of nitrogens with zero attached hydrogens (tertiary/aromatic N) is 5. The van der Waals surface area contributed by atoms with E-state index in [9.17, 15) is 0 Å². The van der Waals surface area contributed by atoms with Crippen molar-refractivity contribution in [2.45, 2.75) is 0 Å². The van der Waals surface area contributed by atoms with Crippen LogP contribution in [0.4, 0.5) is 0 Å². The summed E-state index contributed by atoms with van der Waals surface area (Å²) in [4.78, 5) is 24.4. The highest BCUT2D eigenvalue weighted by Gasteiger charge is 2.22. The maximum atomic E-state index is 5.25. The molecule has 0 amide bonds. The highest BCUT2D eigenvalue weighted by molar-refractivity contribution is 6.24. The SMILES string of the molecule is c1ccc(-c2c3ccccc3c(-c3ccc(-c4cccc5ccccc45)cc3)c3ccccc23)cc1.c1ccc(-c2ccc(-c3nc(-c4cc5ccccc5c5ccccc45)nc(-c4cc5ccccc5c5ccccc45)n3)cc2)nc1.c1cncc(-c2ccc(-c3c4ccccc4c(-c4ccc5ccccc5c4)c4ccccc34)cc2)c1. The highest BCUT2D eigenvalue weighted by atomic mass is 15.0. The lowest BCUT2D eigenvalue weighted by Crippen LogP contribution is -2.01. The Hall–Kier alpha value is -15.7. The van der Waals surface area contributed by atoms with Gasteiger partial charge in [-0.05, 0) is 211 Å². The van der Waals surface area contributed by atoms with Gasteiger partial charge in [0.1, 0.15) is 0 Å². The Labute approximate surface area is 683 Å². The first kappa shape index (κ1) is 70.2. The van der Waals surface area contributed by atoms with Crippen LogP contribution in [-0.2, 0) is 0 Å². The summed E-state index contributed by atoms with van der Waals surface area (Å²) in [6, 6.07) is 151. The van der Waals surface area contributed by atoms with Gasteiger partial charge in [0.05, 0.1) is 5.69 Å². The fraction of sp³-hybridized carbons (Fsp3) is 0. The topological polar surface area (TPSA) is 64.5 Å². The van der Waals surface area contributed by atoms with Crippen LogP contribution in [0.25, 0.3) is 220 Å². The van der Waals surface area contributed by atoms with E-state index < -0.39 is 0 Å². The molecule has 5 nitrogen and oxygen atoms in total. The van der Waals surface area contributed by atoms with Gasteiger partial charge >= 0.3 is 0 Å². The quantitative estimate of drug-likeness (QED) is 0.101. The molecule has 0 atom stereocenters. The number of pyridine rings is 2. The Bertz CT molecular complexity index is 7510. The van der Waals surface area contributed by atoms with E-state index in [1.165, 1.54) is 147 Å². The number of benzene rings is 20. The van der Waals surface area contributed by atoms with Crippen molar-refractivity contribution in [2.24, 2.45) is 0 Å². The standard InChI is InChI=1S/C42H26N4.C36H24.C35H23N/c1-3-13-31-29(11-1)25-37(35-17-7-5-15-33(31)35)41-44-40(28-22-20-27(21-23-28)39-19-9-10-24-43-39)45-42(46-41)38-26-30-12-2-4-14-32(30)34-16-6-8-18-36(34)38;1-2-12-27(13-3-1)35-31-16-6-8-18-33(31)36(34-19-9-7-17-32(34)35)28-23-21-26(22-24-28)30-20-10-14-25-11-4-5-15-29(25)30;1-2-9-27-22-28(20-17-24(27)8-1)35-32-13-5-3-11-30(32)34(31-12-4-6-14-33(31)35)26-18-15-25(16-19-26)29-10-7-21-36-23-29/h1-26H;1-24H;1-23H. The van der Waals surface area contributed by atoms with Gasteiger partial charge in [-0.15, -0.1) is 0 Å². The third-order valence-electron chi connectivity index (χ3n) is 23.2. The molecule has 20 aromatic carbocycles. The van der Waals surface area contributed by atoms with Crippen molar-refractivity contribution in [3.63, 3.8) is 0 Å². The van der Waals surface area contributed by atoms with Crippen LogP contribution < -0.4 is 0 Å². The number of rotatable bonds is 10. The normalized spacial score (nSPS) is 11.4. The molecule has 23 aromatic rings. The summed E-state index contributed by atoms with van der Waals surface area (Å²) in [7, 11) is 0. The average Bonchev–Trinajstić information content (AvgIpc) is 0.729.